The highest BCUT2D eigenvalue weighted by Gasteiger charge is 2.23. The Bertz CT molecular complexity index is 939. The lowest BCUT2D eigenvalue weighted by atomic mass is 9.91. The number of guanidine groups is 1. The molecular weight excluding hydrogens is 431 g/mol. The minimum atomic E-state index is -0.631. The van der Waals surface area contributed by atoms with Crippen LogP contribution < -0.4 is 16.0 Å². The van der Waals surface area contributed by atoms with E-state index in [9.17, 15) is 9.18 Å². The van der Waals surface area contributed by atoms with Gasteiger partial charge in [-0.15, -0.1) is 0 Å². The van der Waals surface area contributed by atoms with Crippen molar-refractivity contribution in [2.75, 3.05) is 11.9 Å². The van der Waals surface area contributed by atoms with E-state index in [0.717, 1.165) is 31.7 Å². The van der Waals surface area contributed by atoms with Crippen LogP contribution in [0.15, 0.2) is 41.7 Å². The molecule has 1 amide bonds. The van der Waals surface area contributed by atoms with E-state index in [1.807, 2.05) is 0 Å². The number of carbonyl (C=O) groups is 1. The lowest BCUT2D eigenvalue weighted by molar-refractivity contribution is 0.0974. The van der Waals surface area contributed by atoms with Crippen LogP contribution in [0, 0.1) is 11.2 Å². The summed E-state index contributed by atoms with van der Waals surface area (Å²) < 4.78 is 13.8. The highest BCUT2D eigenvalue weighted by atomic mass is 35.5. The topological polar surface area (TPSA) is 91.3 Å². The molecule has 3 N–H and O–H groups in total. The molecule has 1 saturated carbocycles. The van der Waals surface area contributed by atoms with Crippen molar-refractivity contribution in [2.45, 2.75) is 58.5 Å². The zero-order valence-electron chi connectivity index (χ0n) is 18.7. The fraction of sp³-hybridized carbons (Fsp3) is 0.478. The Morgan fingerprint density at radius 1 is 1.16 bits per heavy atom. The fourth-order valence-electron chi connectivity index (χ4n) is 3.39. The van der Waals surface area contributed by atoms with E-state index >= 15 is 0 Å². The van der Waals surface area contributed by atoms with Crippen molar-refractivity contribution in [1.82, 2.24) is 20.6 Å². The average Bonchev–Trinajstić information content (AvgIpc) is 2.75. The Kier molecular flexibility index (Phi) is 8.01. The predicted octanol–water partition coefficient (Wildman–Crippen LogP) is 4.41. The van der Waals surface area contributed by atoms with Crippen molar-refractivity contribution in [1.29, 1.82) is 0 Å². The van der Waals surface area contributed by atoms with Gasteiger partial charge in [0, 0.05) is 36.6 Å². The Morgan fingerprint density at radius 2 is 1.81 bits per heavy atom. The Hall–Kier alpha value is -2.74. The lowest BCUT2D eigenvalue weighted by Crippen LogP contribution is -2.48. The molecular formula is C23H30ClFN6O. The summed E-state index contributed by atoms with van der Waals surface area (Å²) in [6, 6.07) is 6.25. The molecule has 0 spiro atoms. The van der Waals surface area contributed by atoms with Crippen LogP contribution in [0.25, 0.3) is 0 Å². The van der Waals surface area contributed by atoms with Gasteiger partial charge in [-0.3, -0.25) is 15.1 Å². The van der Waals surface area contributed by atoms with E-state index in [-0.39, 0.29) is 22.0 Å². The van der Waals surface area contributed by atoms with E-state index < -0.39 is 11.7 Å². The number of nitrogens with one attached hydrogen (secondary N) is 3. The van der Waals surface area contributed by atoms with Crippen LogP contribution in [-0.2, 0) is 0 Å². The van der Waals surface area contributed by atoms with Crippen LogP contribution in [0.5, 0.6) is 0 Å². The maximum atomic E-state index is 13.8. The first-order valence-corrected chi connectivity index (χ1v) is 11.2. The van der Waals surface area contributed by atoms with Gasteiger partial charge in [0.2, 0.25) is 5.95 Å². The number of aromatic nitrogens is 2. The maximum Gasteiger partial charge on any atom is 0.258 e. The van der Waals surface area contributed by atoms with Crippen LogP contribution in [-0.4, -0.2) is 40.5 Å². The van der Waals surface area contributed by atoms with Gasteiger partial charge in [0.1, 0.15) is 5.82 Å². The standard InChI is InChI=1S/C23H30ClFN6O/c1-23(2,3)14-28-22(31-20(32)15-5-10-18(24)19(25)13-15)30-17-8-6-16(7-9-17)29-21-26-11-4-12-27-21/h4-5,10-13,16-17H,6-9,14H2,1-3H3,(H,26,27,29)(H2,28,30,31,32). The summed E-state index contributed by atoms with van der Waals surface area (Å²) in [5.41, 5.74) is 0.148. The number of anilines is 1. The summed E-state index contributed by atoms with van der Waals surface area (Å²) in [7, 11) is 0. The second-order valence-electron chi connectivity index (χ2n) is 9.22. The van der Waals surface area contributed by atoms with Gasteiger partial charge in [-0.25, -0.2) is 14.4 Å². The predicted molar refractivity (Wildman–Crippen MR) is 125 cm³/mol. The molecule has 1 aromatic carbocycles. The van der Waals surface area contributed by atoms with Gasteiger partial charge >= 0.3 is 0 Å². The largest absolute Gasteiger partial charge is 0.353 e. The minimum absolute atomic E-state index is 0.0208. The third-order valence-electron chi connectivity index (χ3n) is 5.09. The van der Waals surface area contributed by atoms with Gasteiger partial charge in [-0.05, 0) is 55.4 Å². The van der Waals surface area contributed by atoms with E-state index in [1.54, 1.807) is 18.5 Å². The van der Waals surface area contributed by atoms with Crippen LogP contribution in [0.1, 0.15) is 56.8 Å². The molecule has 0 atom stereocenters. The minimum Gasteiger partial charge on any atom is -0.353 e. The molecule has 0 saturated heterocycles. The molecule has 9 heteroatoms. The zero-order valence-corrected chi connectivity index (χ0v) is 19.4. The molecule has 0 radical (unpaired) electrons. The Balaban J connectivity index is 1.60. The van der Waals surface area contributed by atoms with Gasteiger partial charge in [-0.1, -0.05) is 32.4 Å². The van der Waals surface area contributed by atoms with Gasteiger partial charge < -0.3 is 10.6 Å². The quantitative estimate of drug-likeness (QED) is 0.454. The van der Waals surface area contributed by atoms with E-state index in [2.05, 4.69) is 51.7 Å². The summed E-state index contributed by atoms with van der Waals surface area (Å²) in [6.45, 7) is 6.76. The summed E-state index contributed by atoms with van der Waals surface area (Å²) in [5, 5.41) is 9.53. The number of amides is 1. The van der Waals surface area contributed by atoms with Crippen molar-refractivity contribution in [3.8, 4) is 0 Å². The molecule has 172 valence electrons. The second kappa shape index (κ2) is 10.7. The number of benzene rings is 1. The first-order chi connectivity index (χ1) is 15.2. The first-order valence-electron chi connectivity index (χ1n) is 10.8. The third kappa shape index (κ3) is 7.44. The SMILES string of the molecule is CC(C)(C)CN=C(NC(=O)c1ccc(Cl)c(F)c1)NC1CCC(Nc2ncccn2)CC1. The van der Waals surface area contributed by atoms with Crippen molar-refractivity contribution < 1.29 is 9.18 Å². The van der Waals surface area contributed by atoms with E-state index in [1.165, 1.54) is 12.1 Å². The average molecular weight is 461 g/mol. The van der Waals surface area contributed by atoms with Crippen molar-refractivity contribution in [3.05, 3.63) is 53.1 Å². The molecule has 1 aliphatic carbocycles. The maximum absolute atomic E-state index is 13.8. The van der Waals surface area contributed by atoms with Crippen molar-refractivity contribution in [2.24, 2.45) is 10.4 Å². The monoisotopic (exact) mass is 460 g/mol. The summed E-state index contributed by atoms with van der Waals surface area (Å²) >= 11 is 5.73. The van der Waals surface area contributed by atoms with Gasteiger partial charge in [0.15, 0.2) is 5.96 Å². The number of aliphatic imine (C=N–C) groups is 1. The Morgan fingerprint density at radius 3 is 2.44 bits per heavy atom. The number of hydrogen-bond acceptors (Lipinski definition) is 5. The summed E-state index contributed by atoms with van der Waals surface area (Å²) in [5.74, 6) is -0.0205. The molecule has 0 bridgehead atoms. The smallest absolute Gasteiger partial charge is 0.258 e. The molecule has 1 fully saturated rings. The normalized spacial score (nSPS) is 19.3. The highest BCUT2D eigenvalue weighted by Crippen LogP contribution is 2.21. The van der Waals surface area contributed by atoms with E-state index in [0.29, 0.717) is 24.5 Å². The molecule has 7 nitrogen and oxygen atoms in total. The molecule has 1 heterocycles. The van der Waals surface area contributed by atoms with Crippen LogP contribution in [0.4, 0.5) is 10.3 Å². The molecule has 1 aliphatic rings. The first kappa shape index (κ1) is 23.9. The molecule has 3 rings (SSSR count). The number of carbonyl (C=O) groups excluding carboxylic acids is 1. The molecule has 1 aromatic heterocycles. The number of hydrogen-bond donors (Lipinski definition) is 3. The molecule has 0 unspecified atom stereocenters. The van der Waals surface area contributed by atoms with Crippen molar-refractivity contribution >= 4 is 29.4 Å². The number of nitrogens with zero attached hydrogens (tertiary/aromatic N) is 3. The summed E-state index contributed by atoms with van der Waals surface area (Å²) in [6.07, 6.45) is 7.14. The molecule has 0 aliphatic heterocycles. The number of halogens is 2. The molecule has 32 heavy (non-hydrogen) atoms. The van der Waals surface area contributed by atoms with E-state index in [4.69, 9.17) is 11.6 Å². The second-order valence-corrected chi connectivity index (χ2v) is 9.63. The number of rotatable bonds is 5. The molecule has 2 aromatic rings. The third-order valence-corrected chi connectivity index (χ3v) is 5.40. The Labute approximate surface area is 193 Å². The fourth-order valence-corrected chi connectivity index (χ4v) is 3.50. The highest BCUT2D eigenvalue weighted by molar-refractivity contribution is 6.30. The summed E-state index contributed by atoms with van der Waals surface area (Å²) in [4.78, 5) is 25.7. The van der Waals surface area contributed by atoms with Gasteiger partial charge in [-0.2, -0.15) is 0 Å². The van der Waals surface area contributed by atoms with Gasteiger partial charge in [0.05, 0.1) is 5.02 Å². The lowest BCUT2D eigenvalue weighted by Gasteiger charge is -2.30. The van der Waals surface area contributed by atoms with Gasteiger partial charge in [0.25, 0.3) is 5.91 Å². The van der Waals surface area contributed by atoms with Crippen molar-refractivity contribution in [3.63, 3.8) is 0 Å². The van der Waals surface area contributed by atoms with Crippen LogP contribution in [0.2, 0.25) is 5.02 Å². The van der Waals surface area contributed by atoms with Crippen LogP contribution >= 0.6 is 11.6 Å². The zero-order chi connectivity index (χ0) is 23.1. The van der Waals surface area contributed by atoms with Crippen LogP contribution in [0.3, 0.4) is 0 Å².